The van der Waals surface area contributed by atoms with E-state index < -0.39 is 5.97 Å². The first kappa shape index (κ1) is 13.9. The number of aromatic nitrogens is 3. The van der Waals surface area contributed by atoms with Crippen molar-refractivity contribution in [3.63, 3.8) is 0 Å². The van der Waals surface area contributed by atoms with Crippen LogP contribution < -0.4 is 5.32 Å². The second kappa shape index (κ2) is 6.58. The molecular weight excluding hydrogens is 238 g/mol. The summed E-state index contributed by atoms with van der Waals surface area (Å²) in [6, 6.07) is -0.275. The van der Waals surface area contributed by atoms with Gasteiger partial charge in [0.25, 0.3) is 0 Å². The number of carboxylic acids is 1. The molecule has 3 N–H and O–H groups in total. The maximum atomic E-state index is 11.6. The number of amides is 2. The summed E-state index contributed by atoms with van der Waals surface area (Å²) in [6.45, 7) is 2.42. The van der Waals surface area contributed by atoms with E-state index in [0.717, 1.165) is 0 Å². The van der Waals surface area contributed by atoms with Crippen LogP contribution in [-0.4, -0.2) is 50.8 Å². The lowest BCUT2D eigenvalue weighted by Crippen LogP contribution is -2.37. The fourth-order valence-corrected chi connectivity index (χ4v) is 1.31. The molecule has 0 bridgehead atoms. The smallest absolute Gasteiger partial charge is 0.317 e. The van der Waals surface area contributed by atoms with Crippen molar-refractivity contribution in [1.82, 2.24) is 25.4 Å². The van der Waals surface area contributed by atoms with E-state index in [1.54, 1.807) is 14.0 Å². The Balaban J connectivity index is 2.26. The van der Waals surface area contributed by atoms with Crippen molar-refractivity contribution in [3.05, 3.63) is 11.6 Å². The van der Waals surface area contributed by atoms with Gasteiger partial charge in [0.2, 0.25) is 0 Å². The summed E-state index contributed by atoms with van der Waals surface area (Å²) in [5.74, 6) is 0.366. The van der Waals surface area contributed by atoms with Crippen LogP contribution in [0.25, 0.3) is 0 Å². The predicted molar refractivity (Wildman–Crippen MR) is 62.9 cm³/mol. The van der Waals surface area contributed by atoms with Crippen molar-refractivity contribution < 1.29 is 14.7 Å². The van der Waals surface area contributed by atoms with E-state index in [4.69, 9.17) is 5.11 Å². The topological polar surface area (TPSA) is 111 Å². The third kappa shape index (κ3) is 4.81. The Bertz CT molecular complexity index is 417. The molecule has 8 heteroatoms. The molecule has 0 fully saturated rings. The van der Waals surface area contributed by atoms with Crippen LogP contribution in [-0.2, 0) is 11.3 Å². The number of hydrogen-bond donors (Lipinski definition) is 3. The molecule has 0 aliphatic heterocycles. The average molecular weight is 255 g/mol. The van der Waals surface area contributed by atoms with Crippen molar-refractivity contribution in [1.29, 1.82) is 0 Å². The zero-order valence-corrected chi connectivity index (χ0v) is 10.4. The molecule has 1 aromatic rings. The second-order valence-corrected chi connectivity index (χ2v) is 3.92. The zero-order valence-electron chi connectivity index (χ0n) is 10.4. The number of nitrogens with one attached hydrogen (secondary N) is 2. The average Bonchev–Trinajstić information content (AvgIpc) is 2.69. The van der Waals surface area contributed by atoms with E-state index in [0.29, 0.717) is 31.2 Å². The molecule has 0 aromatic carbocycles. The fourth-order valence-electron chi connectivity index (χ4n) is 1.31. The van der Waals surface area contributed by atoms with E-state index in [2.05, 4.69) is 20.5 Å². The molecule has 1 aromatic heterocycles. The second-order valence-electron chi connectivity index (χ2n) is 3.92. The number of H-pyrrole nitrogens is 1. The Morgan fingerprint density at radius 3 is 2.78 bits per heavy atom. The normalized spacial score (nSPS) is 10.1. The van der Waals surface area contributed by atoms with Crippen LogP contribution in [0.15, 0.2) is 0 Å². The third-order valence-electron chi connectivity index (χ3n) is 2.21. The standard InChI is InChI=1S/C10H17N5O3/c1-7-12-8(14-13-7)6-15(2)10(18)11-5-3-4-9(16)17/h3-6H2,1-2H3,(H,11,18)(H,16,17)(H,12,13,14). The Morgan fingerprint density at radius 2 is 2.22 bits per heavy atom. The molecule has 100 valence electrons. The molecule has 1 rings (SSSR count). The van der Waals surface area contributed by atoms with Crippen LogP contribution in [0.4, 0.5) is 4.79 Å². The summed E-state index contributed by atoms with van der Waals surface area (Å²) in [5.41, 5.74) is 0. The Hall–Kier alpha value is -2.12. The lowest BCUT2D eigenvalue weighted by atomic mass is 10.3. The van der Waals surface area contributed by atoms with Gasteiger partial charge in [0.1, 0.15) is 5.82 Å². The minimum atomic E-state index is -0.867. The number of rotatable bonds is 6. The van der Waals surface area contributed by atoms with E-state index in [9.17, 15) is 9.59 Å². The SMILES string of the molecule is Cc1nc(CN(C)C(=O)NCCCC(=O)O)n[nH]1. The number of aliphatic carboxylic acids is 1. The van der Waals surface area contributed by atoms with Crippen LogP contribution in [0.1, 0.15) is 24.5 Å². The molecule has 0 aliphatic rings. The van der Waals surface area contributed by atoms with Gasteiger partial charge in [0.05, 0.1) is 6.54 Å². The van der Waals surface area contributed by atoms with E-state index >= 15 is 0 Å². The summed E-state index contributed by atoms with van der Waals surface area (Å²) in [6.07, 6.45) is 0.457. The number of carbonyl (C=O) groups excluding carboxylic acids is 1. The van der Waals surface area contributed by atoms with Gasteiger partial charge in [-0.05, 0) is 13.3 Å². The van der Waals surface area contributed by atoms with Gasteiger partial charge >= 0.3 is 12.0 Å². The van der Waals surface area contributed by atoms with Gasteiger partial charge in [0.15, 0.2) is 5.82 Å². The maximum absolute atomic E-state index is 11.6. The number of aromatic amines is 1. The van der Waals surface area contributed by atoms with Crippen LogP contribution in [0.3, 0.4) is 0 Å². The summed E-state index contributed by atoms with van der Waals surface area (Å²) in [4.78, 5) is 27.4. The molecule has 18 heavy (non-hydrogen) atoms. The number of nitrogens with zero attached hydrogens (tertiary/aromatic N) is 3. The lowest BCUT2D eigenvalue weighted by molar-refractivity contribution is -0.137. The van der Waals surface area contributed by atoms with Gasteiger partial charge in [-0.2, -0.15) is 5.10 Å². The Labute approximate surface area is 104 Å². The van der Waals surface area contributed by atoms with Crippen molar-refractivity contribution in [2.45, 2.75) is 26.3 Å². The highest BCUT2D eigenvalue weighted by atomic mass is 16.4. The molecule has 0 saturated heterocycles. The Kier molecular flexibility index (Phi) is 5.09. The van der Waals surface area contributed by atoms with Crippen LogP contribution in [0.2, 0.25) is 0 Å². The molecule has 2 amide bonds. The minimum Gasteiger partial charge on any atom is -0.481 e. The first-order chi connectivity index (χ1) is 8.49. The number of urea groups is 1. The predicted octanol–water partition coefficient (Wildman–Crippen LogP) is 0.119. The molecule has 0 aliphatic carbocycles. The van der Waals surface area contributed by atoms with Crippen LogP contribution in [0.5, 0.6) is 0 Å². The van der Waals surface area contributed by atoms with Gasteiger partial charge in [-0.15, -0.1) is 0 Å². The number of hydrogen-bond acceptors (Lipinski definition) is 4. The molecule has 8 nitrogen and oxygen atoms in total. The van der Waals surface area contributed by atoms with Crippen molar-refractivity contribution in [3.8, 4) is 0 Å². The van der Waals surface area contributed by atoms with Crippen molar-refractivity contribution >= 4 is 12.0 Å². The van der Waals surface area contributed by atoms with Crippen LogP contribution in [0, 0.1) is 6.92 Å². The summed E-state index contributed by atoms with van der Waals surface area (Å²) >= 11 is 0. The molecule has 0 atom stereocenters. The maximum Gasteiger partial charge on any atom is 0.317 e. The molecule has 0 saturated carbocycles. The van der Waals surface area contributed by atoms with Gasteiger partial charge < -0.3 is 15.3 Å². The monoisotopic (exact) mass is 255 g/mol. The molecule has 0 spiro atoms. The van der Waals surface area contributed by atoms with E-state index in [1.165, 1.54) is 4.90 Å². The third-order valence-corrected chi connectivity index (χ3v) is 2.21. The van der Waals surface area contributed by atoms with Crippen LogP contribution >= 0.6 is 0 Å². The van der Waals surface area contributed by atoms with Gasteiger partial charge in [-0.3, -0.25) is 9.89 Å². The largest absolute Gasteiger partial charge is 0.481 e. The summed E-state index contributed by atoms with van der Waals surface area (Å²) < 4.78 is 0. The number of carbonyl (C=O) groups is 2. The molecular formula is C10H17N5O3. The Morgan fingerprint density at radius 1 is 1.50 bits per heavy atom. The van der Waals surface area contributed by atoms with E-state index in [-0.39, 0.29) is 12.5 Å². The van der Waals surface area contributed by atoms with Gasteiger partial charge in [0, 0.05) is 20.0 Å². The summed E-state index contributed by atoms with van der Waals surface area (Å²) in [5, 5.41) is 17.7. The first-order valence-electron chi connectivity index (χ1n) is 5.57. The highest BCUT2D eigenvalue weighted by molar-refractivity contribution is 5.73. The van der Waals surface area contributed by atoms with Crippen molar-refractivity contribution in [2.24, 2.45) is 0 Å². The quantitative estimate of drug-likeness (QED) is 0.625. The van der Waals surface area contributed by atoms with Gasteiger partial charge in [-0.1, -0.05) is 0 Å². The summed E-state index contributed by atoms with van der Waals surface area (Å²) in [7, 11) is 1.62. The minimum absolute atomic E-state index is 0.0457. The van der Waals surface area contributed by atoms with E-state index in [1.807, 2.05) is 0 Å². The highest BCUT2D eigenvalue weighted by Crippen LogP contribution is 1.97. The molecule has 0 unspecified atom stereocenters. The first-order valence-corrected chi connectivity index (χ1v) is 5.57. The zero-order chi connectivity index (χ0) is 13.5. The molecule has 1 heterocycles. The highest BCUT2D eigenvalue weighted by Gasteiger charge is 2.11. The molecule has 0 radical (unpaired) electrons. The fraction of sp³-hybridized carbons (Fsp3) is 0.600. The van der Waals surface area contributed by atoms with Gasteiger partial charge in [-0.25, -0.2) is 9.78 Å². The number of carboxylic acid groups (broad SMARTS) is 1. The number of aryl methyl sites for hydroxylation is 1. The lowest BCUT2D eigenvalue weighted by Gasteiger charge is -2.15. The van der Waals surface area contributed by atoms with Crippen molar-refractivity contribution in [2.75, 3.05) is 13.6 Å².